The fourth-order valence-electron chi connectivity index (χ4n) is 1.17. The van der Waals surface area contributed by atoms with E-state index in [-0.39, 0.29) is 0 Å². The fourth-order valence-corrected chi connectivity index (χ4v) is 1.17. The molecule has 68 valence electrons. The van der Waals surface area contributed by atoms with Crippen molar-refractivity contribution in [2.45, 2.75) is 26.2 Å². The van der Waals surface area contributed by atoms with E-state index in [1.807, 2.05) is 6.07 Å². The maximum absolute atomic E-state index is 8.74. The molecule has 3 nitrogen and oxygen atoms in total. The molecule has 0 saturated carbocycles. The van der Waals surface area contributed by atoms with Gasteiger partial charge in [-0.3, -0.25) is 4.98 Å². The molecule has 0 aliphatic heterocycles. The first-order valence-corrected chi connectivity index (χ1v) is 4.35. The highest BCUT2D eigenvalue weighted by atomic mass is 14.7. The molecular formula is C10H13N3. The Labute approximate surface area is 78.2 Å². The summed E-state index contributed by atoms with van der Waals surface area (Å²) in [7, 11) is 0. The van der Waals surface area contributed by atoms with Crippen LogP contribution in [0.2, 0.25) is 0 Å². The largest absolute Gasteiger partial charge is 0.396 e. The van der Waals surface area contributed by atoms with Crippen LogP contribution in [0.4, 0.5) is 5.69 Å². The average molecular weight is 175 g/mol. The zero-order valence-corrected chi connectivity index (χ0v) is 7.91. The lowest BCUT2D eigenvalue weighted by molar-refractivity contribution is 0.710. The van der Waals surface area contributed by atoms with Crippen LogP contribution in [-0.2, 0) is 0 Å². The van der Waals surface area contributed by atoms with E-state index in [1.165, 1.54) is 0 Å². The van der Waals surface area contributed by atoms with Gasteiger partial charge in [-0.1, -0.05) is 13.8 Å². The minimum atomic E-state index is 0.313. The van der Waals surface area contributed by atoms with Gasteiger partial charge >= 0.3 is 0 Å². The van der Waals surface area contributed by atoms with E-state index in [4.69, 9.17) is 11.0 Å². The fraction of sp³-hybridized carbons (Fsp3) is 0.400. The quantitative estimate of drug-likeness (QED) is 0.748. The molecule has 1 aromatic rings. The summed E-state index contributed by atoms with van der Waals surface area (Å²) in [5.74, 6) is 0.313. The SMILES string of the molecule is CCC(C)c1nccc(C#N)c1N. The molecule has 0 radical (unpaired) electrons. The predicted molar refractivity (Wildman–Crippen MR) is 52.1 cm³/mol. The number of nitrogens with two attached hydrogens (primary N) is 1. The van der Waals surface area contributed by atoms with Gasteiger partial charge in [-0.15, -0.1) is 0 Å². The highest BCUT2D eigenvalue weighted by molar-refractivity contribution is 5.57. The second kappa shape index (κ2) is 3.90. The molecule has 0 saturated heterocycles. The summed E-state index contributed by atoms with van der Waals surface area (Å²) < 4.78 is 0. The number of nitrogens with zero attached hydrogens (tertiary/aromatic N) is 2. The molecule has 0 aromatic carbocycles. The molecule has 0 bridgehead atoms. The number of pyridine rings is 1. The Morgan fingerprint density at radius 1 is 1.69 bits per heavy atom. The van der Waals surface area contributed by atoms with Crippen molar-refractivity contribution in [3.05, 3.63) is 23.5 Å². The van der Waals surface area contributed by atoms with E-state index >= 15 is 0 Å². The second-order valence-electron chi connectivity index (χ2n) is 3.08. The monoisotopic (exact) mass is 175 g/mol. The number of anilines is 1. The molecular weight excluding hydrogens is 162 g/mol. The van der Waals surface area contributed by atoms with Crippen LogP contribution in [0.15, 0.2) is 12.3 Å². The normalized spacial score (nSPS) is 12.1. The maximum Gasteiger partial charge on any atom is 0.101 e. The van der Waals surface area contributed by atoms with Crippen LogP contribution >= 0.6 is 0 Å². The summed E-state index contributed by atoms with van der Waals surface area (Å²) in [6.45, 7) is 4.13. The number of rotatable bonds is 2. The number of nitriles is 1. The first kappa shape index (κ1) is 9.53. The lowest BCUT2D eigenvalue weighted by atomic mass is 10.0. The Hall–Kier alpha value is -1.56. The zero-order chi connectivity index (χ0) is 9.84. The first-order chi connectivity index (χ1) is 6.20. The predicted octanol–water partition coefficient (Wildman–Crippen LogP) is 2.05. The van der Waals surface area contributed by atoms with Crippen molar-refractivity contribution in [2.24, 2.45) is 0 Å². The summed E-state index contributed by atoms with van der Waals surface area (Å²) in [5.41, 5.74) is 7.67. The van der Waals surface area contributed by atoms with Crippen molar-refractivity contribution >= 4 is 5.69 Å². The van der Waals surface area contributed by atoms with Gasteiger partial charge in [0.15, 0.2) is 0 Å². The molecule has 1 aromatic heterocycles. The van der Waals surface area contributed by atoms with E-state index in [9.17, 15) is 0 Å². The van der Waals surface area contributed by atoms with Gasteiger partial charge in [-0.2, -0.15) is 5.26 Å². The van der Waals surface area contributed by atoms with Crippen LogP contribution in [0.25, 0.3) is 0 Å². The molecule has 3 heteroatoms. The molecule has 1 rings (SSSR count). The molecule has 0 aliphatic rings. The Balaban J connectivity index is 3.17. The minimum absolute atomic E-state index is 0.313. The van der Waals surface area contributed by atoms with E-state index in [0.717, 1.165) is 12.1 Å². The zero-order valence-electron chi connectivity index (χ0n) is 7.91. The average Bonchev–Trinajstić information content (AvgIpc) is 2.17. The molecule has 0 spiro atoms. The molecule has 1 atom stereocenters. The topological polar surface area (TPSA) is 62.7 Å². The molecule has 0 amide bonds. The molecule has 1 heterocycles. The van der Waals surface area contributed by atoms with Crippen molar-refractivity contribution in [2.75, 3.05) is 5.73 Å². The van der Waals surface area contributed by atoms with Crippen molar-refractivity contribution in [3.63, 3.8) is 0 Å². The van der Waals surface area contributed by atoms with Crippen LogP contribution in [0.1, 0.15) is 37.4 Å². The summed E-state index contributed by atoms with van der Waals surface area (Å²) in [4.78, 5) is 4.18. The Morgan fingerprint density at radius 2 is 2.38 bits per heavy atom. The van der Waals surface area contributed by atoms with E-state index in [1.54, 1.807) is 12.3 Å². The van der Waals surface area contributed by atoms with Crippen LogP contribution in [0.3, 0.4) is 0 Å². The molecule has 1 unspecified atom stereocenters. The van der Waals surface area contributed by atoms with Crippen LogP contribution in [0, 0.1) is 11.3 Å². The third-order valence-electron chi connectivity index (χ3n) is 2.22. The smallest absolute Gasteiger partial charge is 0.101 e. The van der Waals surface area contributed by atoms with Crippen LogP contribution in [0.5, 0.6) is 0 Å². The third kappa shape index (κ3) is 1.78. The maximum atomic E-state index is 8.74. The Bertz CT molecular complexity index is 339. The number of aromatic nitrogens is 1. The van der Waals surface area contributed by atoms with Gasteiger partial charge in [0.05, 0.1) is 16.9 Å². The van der Waals surface area contributed by atoms with Crippen molar-refractivity contribution in [3.8, 4) is 6.07 Å². The van der Waals surface area contributed by atoms with E-state index in [0.29, 0.717) is 17.2 Å². The van der Waals surface area contributed by atoms with Gasteiger partial charge in [-0.05, 0) is 12.5 Å². The lowest BCUT2D eigenvalue weighted by Crippen LogP contribution is -2.03. The number of hydrogen-bond acceptors (Lipinski definition) is 3. The molecule has 13 heavy (non-hydrogen) atoms. The summed E-state index contributed by atoms with van der Waals surface area (Å²) in [6, 6.07) is 3.69. The standard InChI is InChI=1S/C10H13N3/c1-3-7(2)10-9(12)8(6-11)4-5-13-10/h4-5,7H,3,12H2,1-2H3. The molecule has 0 aliphatic carbocycles. The second-order valence-corrected chi connectivity index (χ2v) is 3.08. The Morgan fingerprint density at radius 3 is 2.92 bits per heavy atom. The van der Waals surface area contributed by atoms with E-state index < -0.39 is 0 Å². The van der Waals surface area contributed by atoms with Crippen molar-refractivity contribution < 1.29 is 0 Å². The first-order valence-electron chi connectivity index (χ1n) is 4.35. The molecule has 2 N–H and O–H groups in total. The van der Waals surface area contributed by atoms with Gasteiger partial charge in [0.25, 0.3) is 0 Å². The van der Waals surface area contributed by atoms with Crippen molar-refractivity contribution in [1.29, 1.82) is 5.26 Å². The molecule has 0 fully saturated rings. The summed E-state index contributed by atoms with van der Waals surface area (Å²) in [5, 5.41) is 8.74. The van der Waals surface area contributed by atoms with Gasteiger partial charge in [0.1, 0.15) is 6.07 Å². The lowest BCUT2D eigenvalue weighted by Gasteiger charge is -2.10. The third-order valence-corrected chi connectivity index (χ3v) is 2.22. The number of nitrogen functional groups attached to an aromatic ring is 1. The van der Waals surface area contributed by atoms with Gasteiger partial charge in [0.2, 0.25) is 0 Å². The van der Waals surface area contributed by atoms with Gasteiger partial charge in [-0.25, -0.2) is 0 Å². The minimum Gasteiger partial charge on any atom is -0.396 e. The summed E-state index contributed by atoms with van der Waals surface area (Å²) >= 11 is 0. The highest BCUT2D eigenvalue weighted by Crippen LogP contribution is 2.24. The van der Waals surface area contributed by atoms with Gasteiger partial charge < -0.3 is 5.73 Å². The Kier molecular flexibility index (Phi) is 2.86. The van der Waals surface area contributed by atoms with Crippen molar-refractivity contribution in [1.82, 2.24) is 4.98 Å². The summed E-state index contributed by atoms with van der Waals surface area (Å²) in [6.07, 6.45) is 2.61. The van der Waals surface area contributed by atoms with Gasteiger partial charge in [0, 0.05) is 12.1 Å². The number of hydrogen-bond donors (Lipinski definition) is 1. The van der Waals surface area contributed by atoms with Crippen LogP contribution in [-0.4, -0.2) is 4.98 Å². The van der Waals surface area contributed by atoms with Crippen LogP contribution < -0.4 is 5.73 Å². The van der Waals surface area contributed by atoms with E-state index in [2.05, 4.69) is 18.8 Å². The highest BCUT2D eigenvalue weighted by Gasteiger charge is 2.11.